The first-order valence-corrected chi connectivity index (χ1v) is 8.16. The molecule has 0 atom stereocenters. The molecule has 0 aromatic carbocycles. The third-order valence-corrected chi connectivity index (χ3v) is 4.18. The summed E-state index contributed by atoms with van der Waals surface area (Å²) in [6.45, 7) is 4.12. The van der Waals surface area contributed by atoms with Crippen LogP contribution in [0.4, 0.5) is 0 Å². The molecule has 0 radical (unpaired) electrons. The van der Waals surface area contributed by atoms with Gasteiger partial charge in [-0.3, -0.25) is 4.79 Å². The van der Waals surface area contributed by atoms with E-state index in [1.165, 1.54) is 0 Å². The lowest BCUT2D eigenvalue weighted by Crippen LogP contribution is -2.25. The lowest BCUT2D eigenvalue weighted by molar-refractivity contribution is -0.118. The second-order valence-corrected chi connectivity index (χ2v) is 6.15. The van der Waals surface area contributed by atoms with E-state index in [1.807, 2.05) is 6.92 Å². The summed E-state index contributed by atoms with van der Waals surface area (Å²) in [5.74, 6) is 0.536. The molecule has 1 N–H and O–H groups in total. The molecule has 17 heavy (non-hydrogen) atoms. The van der Waals surface area contributed by atoms with Gasteiger partial charge in [-0.05, 0) is 12.8 Å². The van der Waals surface area contributed by atoms with Gasteiger partial charge in [-0.2, -0.15) is 0 Å². The van der Waals surface area contributed by atoms with E-state index in [4.69, 9.17) is 0 Å². The van der Waals surface area contributed by atoms with E-state index < -0.39 is 10.0 Å². The molecule has 4 nitrogen and oxygen atoms in total. The number of carbonyl (C=O) groups excluding carboxylic acids is 1. The summed E-state index contributed by atoms with van der Waals surface area (Å²) in [4.78, 5) is 11.0. The monoisotopic (exact) mass is 265 g/mol. The highest BCUT2D eigenvalue weighted by atomic mass is 32.2. The molecule has 0 unspecified atom stereocenters. The maximum Gasteiger partial charge on any atom is 0.211 e. The highest BCUT2D eigenvalue weighted by Crippen LogP contribution is 2.07. The van der Waals surface area contributed by atoms with Crippen molar-refractivity contribution in [3.05, 3.63) is 0 Å². The van der Waals surface area contributed by atoms with Gasteiger partial charge < -0.3 is 0 Å². The minimum atomic E-state index is -3.05. The molecule has 0 amide bonds. The van der Waals surface area contributed by atoms with Crippen LogP contribution >= 0.6 is 0 Å². The Morgan fingerprint density at radius 1 is 1.06 bits per heavy atom. The molecule has 104 valence electrons. The Kier molecular flexibility index (Phi) is 9.36. The number of ketones is 1. The van der Waals surface area contributed by atoms with Gasteiger partial charge in [0.1, 0.15) is 5.78 Å². The summed E-state index contributed by atoms with van der Waals surface area (Å²) < 4.78 is 25.1. The minimum absolute atomic E-state index is 0. The first-order chi connectivity index (χ1) is 8.02. The Balaban J connectivity index is 0. The maximum absolute atomic E-state index is 11.3. The minimum Gasteiger partial charge on any atom is -0.300 e. The quantitative estimate of drug-likeness (QED) is 0.584. The Labute approximate surface area is 107 Å². The van der Waals surface area contributed by atoms with E-state index in [9.17, 15) is 13.2 Å². The van der Waals surface area contributed by atoms with Gasteiger partial charge in [0.05, 0.1) is 5.75 Å². The number of nitrogens with one attached hydrogen (secondary N) is 1. The first kappa shape index (κ1) is 16.6. The van der Waals surface area contributed by atoms with Crippen molar-refractivity contribution < 1.29 is 14.6 Å². The SMILES string of the molecule is CCNS(=O)(=O)CCCCCCCC(=O)CC.[HH]. The normalized spacial score (nSPS) is 11.6. The van der Waals surface area contributed by atoms with Crippen LogP contribution in [0.1, 0.15) is 60.2 Å². The molecule has 0 aromatic rings. The van der Waals surface area contributed by atoms with Crippen molar-refractivity contribution in [3.63, 3.8) is 0 Å². The van der Waals surface area contributed by atoms with Crippen LogP contribution in [-0.2, 0) is 14.8 Å². The predicted molar refractivity (Wildman–Crippen MR) is 72.6 cm³/mol. The van der Waals surface area contributed by atoms with Crippen molar-refractivity contribution in [2.75, 3.05) is 12.3 Å². The maximum atomic E-state index is 11.3. The molecule has 0 saturated heterocycles. The van der Waals surface area contributed by atoms with E-state index in [2.05, 4.69) is 4.72 Å². The Hall–Kier alpha value is -0.420. The van der Waals surface area contributed by atoms with Gasteiger partial charge in [0.2, 0.25) is 10.0 Å². The van der Waals surface area contributed by atoms with Crippen LogP contribution in [0.15, 0.2) is 0 Å². The fourth-order valence-electron chi connectivity index (χ4n) is 1.61. The molecule has 0 saturated carbocycles. The average molecular weight is 265 g/mol. The van der Waals surface area contributed by atoms with E-state index in [0.29, 0.717) is 31.6 Å². The molecule has 0 aliphatic rings. The molecule has 0 aromatic heterocycles. The van der Waals surface area contributed by atoms with Crippen LogP contribution in [0.5, 0.6) is 0 Å². The number of hydrogen-bond acceptors (Lipinski definition) is 3. The molecule has 0 bridgehead atoms. The van der Waals surface area contributed by atoms with Crippen molar-refractivity contribution in [3.8, 4) is 0 Å². The van der Waals surface area contributed by atoms with Gasteiger partial charge >= 0.3 is 0 Å². The summed E-state index contributed by atoms with van der Waals surface area (Å²) in [7, 11) is -3.05. The Morgan fingerprint density at radius 3 is 2.24 bits per heavy atom. The van der Waals surface area contributed by atoms with Gasteiger partial charge in [-0.1, -0.05) is 33.1 Å². The molecule has 0 rings (SSSR count). The number of Topliss-reactive ketones (excluding diaryl/α,β-unsaturated/α-hetero) is 1. The van der Waals surface area contributed by atoms with Crippen molar-refractivity contribution in [2.45, 2.75) is 58.8 Å². The van der Waals surface area contributed by atoms with E-state index in [0.717, 1.165) is 25.7 Å². The van der Waals surface area contributed by atoms with Crippen molar-refractivity contribution in [1.29, 1.82) is 0 Å². The molecule has 0 fully saturated rings. The summed E-state index contributed by atoms with van der Waals surface area (Å²) in [5, 5.41) is 0. The van der Waals surface area contributed by atoms with E-state index in [-0.39, 0.29) is 7.18 Å². The number of hydrogen-bond donors (Lipinski definition) is 1. The van der Waals surface area contributed by atoms with Gasteiger partial charge in [0, 0.05) is 20.8 Å². The highest BCUT2D eigenvalue weighted by Gasteiger charge is 2.07. The second kappa shape index (κ2) is 9.59. The van der Waals surface area contributed by atoms with Crippen molar-refractivity contribution in [2.24, 2.45) is 0 Å². The number of rotatable bonds is 11. The average Bonchev–Trinajstić information content (AvgIpc) is 2.27. The summed E-state index contributed by atoms with van der Waals surface area (Å²) >= 11 is 0. The zero-order chi connectivity index (χ0) is 13.1. The smallest absolute Gasteiger partial charge is 0.211 e. The number of unbranched alkanes of at least 4 members (excludes halogenated alkanes) is 4. The van der Waals surface area contributed by atoms with Crippen LogP contribution < -0.4 is 4.72 Å². The van der Waals surface area contributed by atoms with Crippen LogP contribution in [0.25, 0.3) is 0 Å². The van der Waals surface area contributed by atoms with Gasteiger partial charge in [-0.15, -0.1) is 0 Å². The zero-order valence-corrected chi connectivity index (χ0v) is 11.8. The highest BCUT2D eigenvalue weighted by molar-refractivity contribution is 7.89. The van der Waals surface area contributed by atoms with E-state index in [1.54, 1.807) is 6.92 Å². The third-order valence-electron chi connectivity index (χ3n) is 2.63. The third kappa shape index (κ3) is 10.5. The van der Waals surface area contributed by atoms with Gasteiger partial charge in [0.25, 0.3) is 0 Å². The molecule has 0 spiro atoms. The van der Waals surface area contributed by atoms with Crippen LogP contribution in [-0.4, -0.2) is 26.5 Å². The molecule has 5 heteroatoms. The standard InChI is InChI=1S/C12H25NO3S.H2/c1-3-12(14)10-8-6-5-7-9-11-17(15,16)13-4-2;/h13H,3-11H2,1-2H3;1H. The number of carbonyl (C=O) groups is 1. The fraction of sp³-hybridized carbons (Fsp3) is 0.917. The van der Waals surface area contributed by atoms with Crippen molar-refractivity contribution in [1.82, 2.24) is 4.72 Å². The molecule has 0 aliphatic heterocycles. The summed E-state index contributed by atoms with van der Waals surface area (Å²) in [6.07, 6.45) is 5.90. The summed E-state index contributed by atoms with van der Waals surface area (Å²) in [6, 6.07) is 0. The van der Waals surface area contributed by atoms with E-state index >= 15 is 0 Å². The lowest BCUT2D eigenvalue weighted by atomic mass is 10.1. The Morgan fingerprint density at radius 2 is 1.65 bits per heavy atom. The molecular weight excluding hydrogens is 238 g/mol. The topological polar surface area (TPSA) is 63.2 Å². The van der Waals surface area contributed by atoms with Gasteiger partial charge in [-0.25, -0.2) is 13.1 Å². The van der Waals surface area contributed by atoms with Crippen LogP contribution in [0.2, 0.25) is 0 Å². The first-order valence-electron chi connectivity index (χ1n) is 6.51. The zero-order valence-electron chi connectivity index (χ0n) is 11.0. The Bertz CT molecular complexity index is 304. The molecular formula is C12H27NO3S. The van der Waals surface area contributed by atoms with Crippen LogP contribution in [0.3, 0.4) is 0 Å². The molecule has 0 aliphatic carbocycles. The largest absolute Gasteiger partial charge is 0.300 e. The van der Waals surface area contributed by atoms with Crippen molar-refractivity contribution >= 4 is 15.8 Å². The van der Waals surface area contributed by atoms with Gasteiger partial charge in [0.15, 0.2) is 0 Å². The number of sulfonamides is 1. The lowest BCUT2D eigenvalue weighted by Gasteiger charge is -2.04. The van der Waals surface area contributed by atoms with Crippen LogP contribution in [0, 0.1) is 0 Å². The molecule has 0 heterocycles. The predicted octanol–water partition coefficient (Wildman–Crippen LogP) is 2.49. The fourth-order valence-corrected chi connectivity index (χ4v) is 2.78. The summed E-state index contributed by atoms with van der Waals surface area (Å²) in [5.41, 5.74) is 0. The second-order valence-electron chi connectivity index (χ2n) is 4.23.